The summed E-state index contributed by atoms with van der Waals surface area (Å²) in [5, 5.41) is 8.31. The summed E-state index contributed by atoms with van der Waals surface area (Å²) < 4.78 is 10.6. The molecule has 0 saturated heterocycles. The van der Waals surface area contributed by atoms with Crippen LogP contribution in [0.5, 0.6) is 0 Å². The lowest BCUT2D eigenvalue weighted by molar-refractivity contribution is 0.0635. The van der Waals surface area contributed by atoms with Crippen LogP contribution in [-0.4, -0.2) is 28.7 Å². The fourth-order valence-corrected chi connectivity index (χ4v) is 3.80. The Kier molecular flexibility index (Phi) is 9.32. The van der Waals surface area contributed by atoms with Crippen LogP contribution in [0.25, 0.3) is 11.1 Å². The Morgan fingerprint density at radius 2 is 1.49 bits per heavy atom. The van der Waals surface area contributed by atoms with E-state index in [1.807, 2.05) is 42.5 Å². The zero-order chi connectivity index (χ0) is 29.2. The number of ether oxygens (including phenoxy) is 2. The number of carbonyl (C=O) groups excluding carboxylic acids is 3. The third-order valence-electron chi connectivity index (χ3n) is 5.74. The standard InChI is InChI=1S/C32H32N4O5/c1-32(2,3)41-31(39)36-27-17-16-25(23-9-5-4-6-10-23)19-28(27)35-29(37)24-14-12-22(13-15-24)20-34-30(38)40-21-26-11-7-8-18-33-26/h4-19H,20-21H2,1-3H3,(H,34,38)(H,35,37)(H,36,39). The highest BCUT2D eigenvalue weighted by molar-refractivity contribution is 6.07. The predicted molar refractivity (Wildman–Crippen MR) is 157 cm³/mol. The molecular weight excluding hydrogens is 520 g/mol. The Morgan fingerprint density at radius 3 is 2.17 bits per heavy atom. The van der Waals surface area contributed by atoms with Crippen LogP contribution in [-0.2, 0) is 22.6 Å². The first-order chi connectivity index (χ1) is 19.7. The van der Waals surface area contributed by atoms with E-state index in [0.29, 0.717) is 22.6 Å². The second-order valence-electron chi connectivity index (χ2n) is 10.2. The van der Waals surface area contributed by atoms with E-state index in [4.69, 9.17) is 9.47 Å². The van der Waals surface area contributed by atoms with E-state index >= 15 is 0 Å². The summed E-state index contributed by atoms with van der Waals surface area (Å²) in [4.78, 5) is 41.8. The number of nitrogens with zero attached hydrogens (tertiary/aromatic N) is 1. The summed E-state index contributed by atoms with van der Waals surface area (Å²) >= 11 is 0. The molecule has 1 heterocycles. The molecule has 0 aliphatic rings. The normalized spacial score (nSPS) is 10.8. The van der Waals surface area contributed by atoms with Gasteiger partial charge in [0.15, 0.2) is 0 Å². The van der Waals surface area contributed by atoms with Gasteiger partial charge in [0.1, 0.15) is 12.2 Å². The minimum absolute atomic E-state index is 0.0715. The molecule has 0 fully saturated rings. The second-order valence-corrected chi connectivity index (χ2v) is 10.2. The van der Waals surface area contributed by atoms with Gasteiger partial charge in [0.05, 0.1) is 17.1 Å². The molecule has 0 aliphatic heterocycles. The van der Waals surface area contributed by atoms with Crippen LogP contribution in [0.15, 0.2) is 97.2 Å². The number of hydrogen-bond acceptors (Lipinski definition) is 6. The highest BCUT2D eigenvalue weighted by atomic mass is 16.6. The van der Waals surface area contributed by atoms with Crippen LogP contribution in [0.4, 0.5) is 21.0 Å². The van der Waals surface area contributed by atoms with Crippen LogP contribution < -0.4 is 16.0 Å². The molecule has 0 atom stereocenters. The van der Waals surface area contributed by atoms with E-state index < -0.39 is 17.8 Å². The zero-order valence-corrected chi connectivity index (χ0v) is 23.1. The number of pyridine rings is 1. The Hall–Kier alpha value is -5.18. The summed E-state index contributed by atoms with van der Waals surface area (Å²) in [7, 11) is 0. The first-order valence-corrected chi connectivity index (χ1v) is 13.1. The van der Waals surface area contributed by atoms with Gasteiger partial charge in [-0.15, -0.1) is 0 Å². The summed E-state index contributed by atoms with van der Waals surface area (Å²) in [5.41, 5.74) is 3.81. The van der Waals surface area contributed by atoms with Crippen molar-refractivity contribution in [3.63, 3.8) is 0 Å². The zero-order valence-electron chi connectivity index (χ0n) is 23.1. The minimum atomic E-state index is -0.677. The maximum absolute atomic E-state index is 13.2. The number of anilines is 2. The number of hydrogen-bond donors (Lipinski definition) is 3. The fraction of sp³-hybridized carbons (Fsp3) is 0.188. The number of aromatic nitrogens is 1. The van der Waals surface area contributed by atoms with Crippen molar-refractivity contribution < 1.29 is 23.9 Å². The van der Waals surface area contributed by atoms with E-state index in [0.717, 1.165) is 16.7 Å². The first kappa shape index (κ1) is 28.8. The monoisotopic (exact) mass is 552 g/mol. The van der Waals surface area contributed by atoms with E-state index in [9.17, 15) is 14.4 Å². The van der Waals surface area contributed by atoms with Crippen LogP contribution in [0.3, 0.4) is 0 Å². The van der Waals surface area contributed by atoms with E-state index in [-0.39, 0.29) is 19.1 Å². The summed E-state index contributed by atoms with van der Waals surface area (Å²) in [6.45, 7) is 5.63. The molecule has 0 radical (unpaired) electrons. The molecule has 9 heteroatoms. The third kappa shape index (κ3) is 8.93. The van der Waals surface area contributed by atoms with Gasteiger partial charge >= 0.3 is 12.2 Å². The minimum Gasteiger partial charge on any atom is -0.444 e. The summed E-state index contributed by atoms with van der Waals surface area (Å²) in [6, 6.07) is 27.3. The Morgan fingerprint density at radius 1 is 0.756 bits per heavy atom. The lowest BCUT2D eigenvalue weighted by Gasteiger charge is -2.21. The van der Waals surface area contributed by atoms with Gasteiger partial charge in [-0.1, -0.05) is 54.6 Å². The van der Waals surface area contributed by atoms with Crippen LogP contribution in [0.2, 0.25) is 0 Å². The van der Waals surface area contributed by atoms with Gasteiger partial charge in [0.25, 0.3) is 5.91 Å². The van der Waals surface area contributed by atoms with E-state index in [1.54, 1.807) is 75.5 Å². The molecule has 210 valence electrons. The third-order valence-corrected chi connectivity index (χ3v) is 5.74. The SMILES string of the molecule is CC(C)(C)OC(=O)Nc1ccc(-c2ccccc2)cc1NC(=O)c1ccc(CNC(=O)OCc2ccccn2)cc1. The maximum atomic E-state index is 13.2. The highest BCUT2D eigenvalue weighted by Gasteiger charge is 2.18. The van der Waals surface area contributed by atoms with E-state index in [1.165, 1.54) is 0 Å². The van der Waals surface area contributed by atoms with Gasteiger partial charge in [-0.05, 0) is 73.9 Å². The van der Waals surface area contributed by atoms with Crippen LogP contribution in [0, 0.1) is 0 Å². The molecule has 9 nitrogen and oxygen atoms in total. The average Bonchev–Trinajstić information content (AvgIpc) is 2.96. The largest absolute Gasteiger partial charge is 0.444 e. The molecule has 3 aromatic carbocycles. The fourth-order valence-electron chi connectivity index (χ4n) is 3.80. The van der Waals surface area contributed by atoms with E-state index in [2.05, 4.69) is 20.9 Å². The number of benzene rings is 3. The topological polar surface area (TPSA) is 119 Å². The molecule has 4 aromatic rings. The number of amides is 3. The number of nitrogens with one attached hydrogen (secondary N) is 3. The molecule has 0 aliphatic carbocycles. The van der Waals surface area contributed by atoms with Crippen molar-refractivity contribution in [1.82, 2.24) is 10.3 Å². The number of rotatable bonds is 8. The lowest BCUT2D eigenvalue weighted by Crippen LogP contribution is -2.27. The molecule has 1 aromatic heterocycles. The number of alkyl carbamates (subject to hydrolysis) is 1. The first-order valence-electron chi connectivity index (χ1n) is 13.1. The molecule has 0 spiro atoms. The van der Waals surface area contributed by atoms with Gasteiger partial charge in [-0.2, -0.15) is 0 Å². The predicted octanol–water partition coefficient (Wildman–Crippen LogP) is 6.77. The van der Waals surface area contributed by atoms with Crippen molar-refractivity contribution in [2.24, 2.45) is 0 Å². The average molecular weight is 553 g/mol. The second kappa shape index (κ2) is 13.3. The van der Waals surface area contributed by atoms with Gasteiger partial charge < -0.3 is 20.1 Å². The molecule has 3 N–H and O–H groups in total. The molecular formula is C32H32N4O5. The van der Waals surface area contributed by atoms with Crippen LogP contribution in [0.1, 0.15) is 42.4 Å². The van der Waals surface area contributed by atoms with Crippen molar-refractivity contribution in [1.29, 1.82) is 0 Å². The molecule has 0 bridgehead atoms. The molecule has 0 unspecified atom stereocenters. The Bertz CT molecular complexity index is 1480. The summed E-state index contributed by atoms with van der Waals surface area (Å²) in [6.07, 6.45) is 0.434. The van der Waals surface area contributed by atoms with Crippen molar-refractivity contribution in [2.45, 2.75) is 39.5 Å². The quantitative estimate of drug-likeness (QED) is 0.222. The van der Waals surface area contributed by atoms with Crippen molar-refractivity contribution in [3.8, 4) is 11.1 Å². The Balaban J connectivity index is 1.41. The van der Waals surface area contributed by atoms with Crippen molar-refractivity contribution in [3.05, 3.63) is 114 Å². The molecule has 41 heavy (non-hydrogen) atoms. The lowest BCUT2D eigenvalue weighted by atomic mass is 10.0. The van der Waals surface area contributed by atoms with Crippen molar-refractivity contribution >= 4 is 29.5 Å². The maximum Gasteiger partial charge on any atom is 0.412 e. The van der Waals surface area contributed by atoms with Gasteiger partial charge in [-0.25, -0.2) is 9.59 Å². The number of carbonyl (C=O) groups is 3. The van der Waals surface area contributed by atoms with Crippen molar-refractivity contribution in [2.75, 3.05) is 10.6 Å². The molecule has 0 saturated carbocycles. The smallest absolute Gasteiger partial charge is 0.412 e. The van der Waals surface area contributed by atoms with Gasteiger partial charge in [0.2, 0.25) is 0 Å². The van der Waals surface area contributed by atoms with Gasteiger partial charge in [-0.3, -0.25) is 15.1 Å². The van der Waals surface area contributed by atoms with Gasteiger partial charge in [0, 0.05) is 18.3 Å². The summed E-state index contributed by atoms with van der Waals surface area (Å²) in [5.74, 6) is -0.364. The van der Waals surface area contributed by atoms with Crippen LogP contribution >= 0.6 is 0 Å². The molecule has 3 amide bonds. The highest BCUT2D eigenvalue weighted by Crippen LogP contribution is 2.30. The Labute approximate surface area is 238 Å². The molecule has 4 rings (SSSR count).